The molecule has 1 aromatic rings. The van der Waals surface area contributed by atoms with Crippen molar-refractivity contribution in [3.8, 4) is 0 Å². The van der Waals surface area contributed by atoms with Crippen LogP contribution in [0, 0.1) is 6.92 Å². The van der Waals surface area contributed by atoms with E-state index >= 15 is 0 Å². The van der Waals surface area contributed by atoms with Crippen molar-refractivity contribution >= 4 is 11.6 Å². The second-order valence-corrected chi connectivity index (χ2v) is 4.30. The van der Waals surface area contributed by atoms with E-state index in [0.717, 1.165) is 17.8 Å². The zero-order valence-electron chi connectivity index (χ0n) is 10.0. The molecule has 1 heterocycles. The van der Waals surface area contributed by atoms with Crippen LogP contribution in [-0.4, -0.2) is 36.8 Å². The minimum atomic E-state index is -0.256. The number of para-hydroxylation sites is 1. The van der Waals surface area contributed by atoms with Gasteiger partial charge in [-0.05, 0) is 25.0 Å². The Morgan fingerprint density at radius 1 is 1.47 bits per heavy atom. The van der Waals surface area contributed by atoms with Crippen molar-refractivity contribution in [1.29, 1.82) is 0 Å². The van der Waals surface area contributed by atoms with Crippen LogP contribution in [0.15, 0.2) is 24.3 Å². The van der Waals surface area contributed by atoms with Gasteiger partial charge in [0.25, 0.3) is 0 Å². The van der Waals surface area contributed by atoms with Crippen LogP contribution < -0.4 is 10.2 Å². The van der Waals surface area contributed by atoms with E-state index in [2.05, 4.69) is 5.32 Å². The molecule has 0 radical (unpaired) electrons. The van der Waals surface area contributed by atoms with E-state index in [4.69, 9.17) is 5.11 Å². The summed E-state index contributed by atoms with van der Waals surface area (Å²) in [6.07, 6.45) is 0.473. The van der Waals surface area contributed by atoms with Gasteiger partial charge >= 0.3 is 0 Å². The molecule has 1 fully saturated rings. The van der Waals surface area contributed by atoms with Gasteiger partial charge in [-0.3, -0.25) is 4.79 Å². The van der Waals surface area contributed by atoms with Crippen LogP contribution in [0.1, 0.15) is 12.0 Å². The number of carbonyl (C=O) groups is 1. The molecular formula is C13H18N2O2. The normalized spacial score (nSPS) is 20.7. The first kappa shape index (κ1) is 12.1. The summed E-state index contributed by atoms with van der Waals surface area (Å²) in [7, 11) is 0. The Labute approximate surface area is 101 Å². The maximum Gasteiger partial charge on any atom is 0.244 e. The summed E-state index contributed by atoms with van der Waals surface area (Å²) in [6.45, 7) is 3.49. The summed E-state index contributed by atoms with van der Waals surface area (Å²) < 4.78 is 0. The highest BCUT2D eigenvalue weighted by atomic mass is 16.3. The van der Waals surface area contributed by atoms with Crippen LogP contribution in [0.2, 0.25) is 0 Å². The third-order valence-electron chi connectivity index (χ3n) is 3.11. The van der Waals surface area contributed by atoms with Crippen LogP contribution in [-0.2, 0) is 4.79 Å². The van der Waals surface area contributed by atoms with Gasteiger partial charge < -0.3 is 15.3 Å². The van der Waals surface area contributed by atoms with Gasteiger partial charge in [-0.25, -0.2) is 0 Å². The molecule has 1 aromatic carbocycles. The van der Waals surface area contributed by atoms with Crippen molar-refractivity contribution < 1.29 is 9.90 Å². The summed E-state index contributed by atoms with van der Waals surface area (Å²) >= 11 is 0. The Morgan fingerprint density at radius 3 is 2.94 bits per heavy atom. The molecule has 1 aliphatic rings. The van der Waals surface area contributed by atoms with Crippen molar-refractivity contribution in [2.24, 2.45) is 0 Å². The van der Waals surface area contributed by atoms with Crippen molar-refractivity contribution in [2.75, 3.05) is 24.6 Å². The van der Waals surface area contributed by atoms with Crippen LogP contribution in [0.5, 0.6) is 0 Å². The third kappa shape index (κ3) is 2.48. The van der Waals surface area contributed by atoms with E-state index < -0.39 is 0 Å². The van der Waals surface area contributed by atoms with Crippen molar-refractivity contribution in [3.63, 3.8) is 0 Å². The van der Waals surface area contributed by atoms with Crippen LogP contribution in [0.25, 0.3) is 0 Å². The number of carbonyl (C=O) groups excluding carboxylic acids is 1. The summed E-state index contributed by atoms with van der Waals surface area (Å²) in [5.41, 5.74) is 2.08. The minimum Gasteiger partial charge on any atom is -0.396 e. The smallest absolute Gasteiger partial charge is 0.244 e. The lowest BCUT2D eigenvalue weighted by molar-refractivity contribution is -0.122. The summed E-state index contributed by atoms with van der Waals surface area (Å²) in [6, 6.07) is 7.63. The van der Waals surface area contributed by atoms with Crippen LogP contribution >= 0.6 is 0 Å². The molecule has 0 aromatic heterocycles. The fraction of sp³-hybridized carbons (Fsp3) is 0.462. The maximum absolute atomic E-state index is 12.2. The van der Waals surface area contributed by atoms with Gasteiger partial charge in [0.05, 0.1) is 6.04 Å². The van der Waals surface area contributed by atoms with Crippen molar-refractivity contribution in [2.45, 2.75) is 19.4 Å². The molecule has 2 N–H and O–H groups in total. The van der Waals surface area contributed by atoms with Crippen molar-refractivity contribution in [3.05, 3.63) is 29.8 Å². The highest BCUT2D eigenvalue weighted by molar-refractivity contribution is 5.98. The molecule has 92 valence electrons. The van der Waals surface area contributed by atoms with Gasteiger partial charge in [0.15, 0.2) is 0 Å². The average Bonchev–Trinajstić information content (AvgIpc) is 2.33. The van der Waals surface area contributed by atoms with E-state index in [1.807, 2.05) is 36.1 Å². The van der Waals surface area contributed by atoms with E-state index in [1.54, 1.807) is 0 Å². The molecule has 0 bridgehead atoms. The lowest BCUT2D eigenvalue weighted by Crippen LogP contribution is -2.55. The number of nitrogens with zero attached hydrogens (tertiary/aromatic N) is 1. The van der Waals surface area contributed by atoms with E-state index in [-0.39, 0.29) is 18.6 Å². The summed E-state index contributed by atoms with van der Waals surface area (Å²) in [5.74, 6) is 0.0552. The van der Waals surface area contributed by atoms with Crippen LogP contribution in [0.4, 0.5) is 5.69 Å². The Balaban J connectivity index is 2.21. The van der Waals surface area contributed by atoms with E-state index in [9.17, 15) is 4.79 Å². The first-order valence-corrected chi connectivity index (χ1v) is 5.95. The molecule has 2 rings (SSSR count). The number of nitrogens with one attached hydrogen (secondary N) is 1. The molecule has 0 saturated carbocycles. The zero-order valence-corrected chi connectivity index (χ0v) is 10.0. The highest BCUT2D eigenvalue weighted by Crippen LogP contribution is 2.21. The highest BCUT2D eigenvalue weighted by Gasteiger charge is 2.29. The Hall–Kier alpha value is -1.39. The predicted molar refractivity (Wildman–Crippen MR) is 67.0 cm³/mol. The molecule has 1 aliphatic heterocycles. The van der Waals surface area contributed by atoms with E-state index in [1.165, 1.54) is 0 Å². The van der Waals surface area contributed by atoms with Gasteiger partial charge in [-0.1, -0.05) is 18.2 Å². The fourth-order valence-electron chi connectivity index (χ4n) is 2.20. The lowest BCUT2D eigenvalue weighted by Gasteiger charge is -2.33. The van der Waals surface area contributed by atoms with Gasteiger partial charge in [0, 0.05) is 25.4 Å². The summed E-state index contributed by atoms with van der Waals surface area (Å²) in [5, 5.41) is 12.1. The monoisotopic (exact) mass is 234 g/mol. The number of aryl methyl sites for hydroxylation is 1. The van der Waals surface area contributed by atoms with Gasteiger partial charge in [0.2, 0.25) is 5.91 Å². The molecule has 4 nitrogen and oxygen atoms in total. The topological polar surface area (TPSA) is 52.6 Å². The molecular weight excluding hydrogens is 216 g/mol. The quantitative estimate of drug-likeness (QED) is 0.808. The molecule has 0 aliphatic carbocycles. The standard InChI is InChI=1S/C13H18N2O2/c1-10-4-2-3-5-12(10)15-8-7-14-11(6-9-16)13(15)17/h2-5,11,14,16H,6-9H2,1H3. The molecule has 4 heteroatoms. The lowest BCUT2D eigenvalue weighted by atomic mass is 10.1. The first-order chi connectivity index (χ1) is 8.24. The number of benzene rings is 1. The second kappa shape index (κ2) is 5.29. The minimum absolute atomic E-state index is 0.0328. The number of aliphatic hydroxyl groups excluding tert-OH is 1. The molecule has 0 spiro atoms. The van der Waals surface area contributed by atoms with E-state index in [0.29, 0.717) is 13.0 Å². The first-order valence-electron chi connectivity index (χ1n) is 5.95. The molecule has 17 heavy (non-hydrogen) atoms. The number of hydrogen-bond acceptors (Lipinski definition) is 3. The molecule has 1 amide bonds. The Bertz CT molecular complexity index is 404. The third-order valence-corrected chi connectivity index (χ3v) is 3.11. The van der Waals surface area contributed by atoms with Crippen molar-refractivity contribution in [1.82, 2.24) is 5.32 Å². The summed E-state index contributed by atoms with van der Waals surface area (Å²) in [4.78, 5) is 14.0. The zero-order chi connectivity index (χ0) is 12.3. The number of hydrogen-bond donors (Lipinski definition) is 2. The number of rotatable bonds is 3. The van der Waals surface area contributed by atoms with Crippen LogP contribution in [0.3, 0.4) is 0 Å². The SMILES string of the molecule is Cc1ccccc1N1CCNC(CCO)C1=O. The number of aliphatic hydroxyl groups is 1. The van der Waals surface area contributed by atoms with Gasteiger partial charge in [-0.15, -0.1) is 0 Å². The Morgan fingerprint density at radius 2 is 2.24 bits per heavy atom. The number of anilines is 1. The second-order valence-electron chi connectivity index (χ2n) is 4.30. The Kier molecular flexibility index (Phi) is 3.76. The fourth-order valence-corrected chi connectivity index (χ4v) is 2.20. The van der Waals surface area contributed by atoms with Gasteiger partial charge in [-0.2, -0.15) is 0 Å². The molecule has 1 atom stereocenters. The predicted octanol–water partition coefficient (Wildman–Crippen LogP) is 0.682. The molecule has 1 saturated heterocycles. The largest absolute Gasteiger partial charge is 0.396 e. The maximum atomic E-state index is 12.2. The average molecular weight is 234 g/mol. The van der Waals surface area contributed by atoms with Gasteiger partial charge in [0.1, 0.15) is 0 Å². The molecule has 1 unspecified atom stereocenters. The number of piperazine rings is 1. The number of amides is 1.